The SMILES string of the molecule is CC(C)S(=O)(=O)Cc1ccc(Br)c(O)c1. The van der Waals surface area contributed by atoms with Gasteiger partial charge < -0.3 is 5.11 Å². The second-order valence-corrected chi connectivity index (χ2v) is 7.05. The van der Waals surface area contributed by atoms with Gasteiger partial charge in [0.15, 0.2) is 9.84 Å². The fraction of sp³-hybridized carbons (Fsp3) is 0.400. The van der Waals surface area contributed by atoms with E-state index in [-0.39, 0.29) is 11.5 Å². The Balaban J connectivity index is 2.96. The quantitative estimate of drug-likeness (QED) is 0.931. The Bertz CT molecular complexity index is 452. The highest BCUT2D eigenvalue weighted by atomic mass is 79.9. The Morgan fingerprint density at radius 3 is 2.47 bits per heavy atom. The molecule has 0 aliphatic rings. The van der Waals surface area contributed by atoms with E-state index in [1.807, 2.05) is 0 Å². The minimum atomic E-state index is -3.11. The summed E-state index contributed by atoms with van der Waals surface area (Å²) < 4.78 is 23.8. The molecular formula is C10H13BrO3S. The molecule has 84 valence electrons. The smallest absolute Gasteiger partial charge is 0.156 e. The second-order valence-electron chi connectivity index (χ2n) is 3.64. The van der Waals surface area contributed by atoms with E-state index in [9.17, 15) is 13.5 Å². The van der Waals surface area contributed by atoms with E-state index in [0.717, 1.165) is 0 Å². The molecule has 1 aromatic rings. The van der Waals surface area contributed by atoms with E-state index in [2.05, 4.69) is 15.9 Å². The minimum Gasteiger partial charge on any atom is -0.507 e. The molecule has 1 rings (SSSR count). The van der Waals surface area contributed by atoms with Crippen molar-refractivity contribution in [3.8, 4) is 5.75 Å². The van der Waals surface area contributed by atoms with Gasteiger partial charge in [0.25, 0.3) is 0 Å². The van der Waals surface area contributed by atoms with E-state index in [1.165, 1.54) is 6.07 Å². The third kappa shape index (κ3) is 3.21. The van der Waals surface area contributed by atoms with Gasteiger partial charge in [0.05, 0.1) is 15.5 Å². The van der Waals surface area contributed by atoms with Crippen molar-refractivity contribution in [1.82, 2.24) is 0 Å². The zero-order chi connectivity index (χ0) is 11.6. The molecule has 0 atom stereocenters. The molecule has 0 aliphatic heterocycles. The van der Waals surface area contributed by atoms with Crippen LogP contribution in [0.25, 0.3) is 0 Å². The summed E-state index contributed by atoms with van der Waals surface area (Å²) >= 11 is 3.14. The van der Waals surface area contributed by atoms with Crippen LogP contribution in [0.5, 0.6) is 5.75 Å². The van der Waals surface area contributed by atoms with Crippen LogP contribution in [0.4, 0.5) is 0 Å². The second kappa shape index (κ2) is 4.53. The van der Waals surface area contributed by atoms with Gasteiger partial charge in [-0.3, -0.25) is 0 Å². The Morgan fingerprint density at radius 2 is 2.00 bits per heavy atom. The predicted molar refractivity (Wildman–Crippen MR) is 63.6 cm³/mol. The van der Waals surface area contributed by atoms with Crippen LogP contribution in [0.1, 0.15) is 19.4 Å². The highest BCUT2D eigenvalue weighted by molar-refractivity contribution is 9.10. The molecule has 0 heterocycles. The summed E-state index contributed by atoms with van der Waals surface area (Å²) in [5, 5.41) is 8.99. The lowest BCUT2D eigenvalue weighted by molar-refractivity contribution is 0.471. The molecular weight excluding hydrogens is 280 g/mol. The van der Waals surface area contributed by atoms with E-state index in [1.54, 1.807) is 26.0 Å². The van der Waals surface area contributed by atoms with Gasteiger partial charge in [0, 0.05) is 0 Å². The van der Waals surface area contributed by atoms with Gasteiger partial charge in [-0.05, 0) is 47.5 Å². The van der Waals surface area contributed by atoms with Crippen molar-refractivity contribution in [2.75, 3.05) is 0 Å². The first-order valence-electron chi connectivity index (χ1n) is 4.52. The van der Waals surface area contributed by atoms with Gasteiger partial charge in [-0.1, -0.05) is 6.07 Å². The average Bonchev–Trinajstić information content (AvgIpc) is 2.10. The summed E-state index contributed by atoms with van der Waals surface area (Å²) in [7, 11) is -3.11. The summed E-state index contributed by atoms with van der Waals surface area (Å²) in [4.78, 5) is 0. The molecule has 0 aromatic heterocycles. The summed E-state index contributed by atoms with van der Waals surface area (Å²) in [6.07, 6.45) is 0. The first-order valence-corrected chi connectivity index (χ1v) is 7.03. The van der Waals surface area contributed by atoms with Gasteiger partial charge in [-0.15, -0.1) is 0 Å². The number of hydrogen-bond acceptors (Lipinski definition) is 3. The molecule has 1 aromatic carbocycles. The summed E-state index contributed by atoms with van der Waals surface area (Å²) in [6.45, 7) is 3.29. The fourth-order valence-corrected chi connectivity index (χ4v) is 2.27. The molecule has 1 N–H and O–H groups in total. The molecule has 0 spiro atoms. The van der Waals surface area contributed by atoms with Crippen LogP contribution in [0.15, 0.2) is 22.7 Å². The van der Waals surface area contributed by atoms with E-state index >= 15 is 0 Å². The monoisotopic (exact) mass is 292 g/mol. The Hall–Kier alpha value is -0.550. The third-order valence-electron chi connectivity index (χ3n) is 2.10. The van der Waals surface area contributed by atoms with Crippen LogP contribution in [-0.4, -0.2) is 18.8 Å². The van der Waals surface area contributed by atoms with Gasteiger partial charge in [-0.2, -0.15) is 0 Å². The van der Waals surface area contributed by atoms with Gasteiger partial charge in [-0.25, -0.2) is 8.42 Å². The molecule has 3 nitrogen and oxygen atoms in total. The standard InChI is InChI=1S/C10H13BrO3S/c1-7(2)15(13,14)6-8-3-4-9(11)10(12)5-8/h3-5,7,12H,6H2,1-2H3. The van der Waals surface area contributed by atoms with Crippen molar-refractivity contribution in [3.05, 3.63) is 28.2 Å². The summed E-state index contributed by atoms with van der Waals surface area (Å²) in [6, 6.07) is 4.79. The van der Waals surface area contributed by atoms with Crippen molar-refractivity contribution in [1.29, 1.82) is 0 Å². The molecule has 15 heavy (non-hydrogen) atoms. The molecule has 0 amide bonds. The van der Waals surface area contributed by atoms with E-state index in [0.29, 0.717) is 10.0 Å². The number of rotatable bonds is 3. The number of hydrogen-bond donors (Lipinski definition) is 1. The Labute approximate surface area is 98.2 Å². The van der Waals surface area contributed by atoms with Gasteiger partial charge in [0.2, 0.25) is 0 Å². The van der Waals surface area contributed by atoms with Crippen LogP contribution in [0, 0.1) is 0 Å². The summed E-state index contributed by atoms with van der Waals surface area (Å²) in [5.41, 5.74) is 0.601. The lowest BCUT2D eigenvalue weighted by Gasteiger charge is -2.08. The average molecular weight is 293 g/mol. The van der Waals surface area contributed by atoms with Crippen LogP contribution in [0.2, 0.25) is 0 Å². The maximum Gasteiger partial charge on any atom is 0.156 e. The molecule has 0 bridgehead atoms. The molecule has 0 radical (unpaired) electrons. The third-order valence-corrected chi connectivity index (χ3v) is 4.94. The molecule has 0 unspecified atom stereocenters. The first-order chi connectivity index (χ1) is 6.83. The molecule has 0 aliphatic carbocycles. The number of halogens is 1. The van der Waals surface area contributed by atoms with Crippen molar-refractivity contribution >= 4 is 25.8 Å². The Kier molecular flexibility index (Phi) is 3.78. The number of sulfone groups is 1. The number of phenolic OH excluding ortho intramolecular Hbond substituents is 1. The maximum absolute atomic E-state index is 11.6. The van der Waals surface area contributed by atoms with Crippen LogP contribution < -0.4 is 0 Å². The molecule has 0 fully saturated rings. The lowest BCUT2D eigenvalue weighted by Crippen LogP contribution is -2.15. The van der Waals surface area contributed by atoms with Crippen molar-refractivity contribution in [3.63, 3.8) is 0 Å². The maximum atomic E-state index is 11.6. The Morgan fingerprint density at radius 1 is 1.40 bits per heavy atom. The van der Waals surface area contributed by atoms with Crippen molar-refractivity contribution in [2.24, 2.45) is 0 Å². The molecule has 0 saturated carbocycles. The van der Waals surface area contributed by atoms with E-state index < -0.39 is 15.1 Å². The fourth-order valence-electron chi connectivity index (χ4n) is 1.05. The number of aromatic hydroxyl groups is 1. The minimum absolute atomic E-state index is 0.0362. The van der Waals surface area contributed by atoms with Crippen LogP contribution in [0.3, 0.4) is 0 Å². The highest BCUT2D eigenvalue weighted by Gasteiger charge is 2.17. The number of benzene rings is 1. The van der Waals surface area contributed by atoms with Crippen molar-refractivity contribution < 1.29 is 13.5 Å². The zero-order valence-electron chi connectivity index (χ0n) is 8.57. The normalized spacial score (nSPS) is 12.0. The zero-order valence-corrected chi connectivity index (χ0v) is 11.0. The first kappa shape index (κ1) is 12.5. The predicted octanol–water partition coefficient (Wildman–Crippen LogP) is 2.48. The largest absolute Gasteiger partial charge is 0.507 e. The lowest BCUT2D eigenvalue weighted by atomic mass is 10.2. The molecule has 0 saturated heterocycles. The van der Waals surface area contributed by atoms with Crippen LogP contribution in [-0.2, 0) is 15.6 Å². The van der Waals surface area contributed by atoms with Crippen molar-refractivity contribution in [2.45, 2.75) is 24.9 Å². The topological polar surface area (TPSA) is 54.4 Å². The van der Waals surface area contributed by atoms with Gasteiger partial charge >= 0.3 is 0 Å². The number of phenols is 1. The van der Waals surface area contributed by atoms with Gasteiger partial charge in [0.1, 0.15) is 5.75 Å². The van der Waals surface area contributed by atoms with Crippen LogP contribution >= 0.6 is 15.9 Å². The molecule has 5 heteroatoms. The summed E-state index contributed by atoms with van der Waals surface area (Å²) in [5.74, 6) is 0.0253. The highest BCUT2D eigenvalue weighted by Crippen LogP contribution is 2.25. The van der Waals surface area contributed by atoms with E-state index in [4.69, 9.17) is 0 Å².